The predicted octanol–water partition coefficient (Wildman–Crippen LogP) is 3.09. The lowest BCUT2D eigenvalue weighted by Crippen LogP contribution is -2.13. The number of nitrogens with one attached hydrogen (secondary N) is 1. The summed E-state index contributed by atoms with van der Waals surface area (Å²) in [6.07, 6.45) is 1.48. The molecule has 0 aliphatic carbocycles. The molecule has 0 saturated carbocycles. The van der Waals surface area contributed by atoms with E-state index < -0.39 is 0 Å². The molecule has 20 heavy (non-hydrogen) atoms. The Bertz CT molecular complexity index is 664. The third-order valence-corrected chi connectivity index (χ3v) is 3.56. The van der Waals surface area contributed by atoms with Crippen LogP contribution in [0.5, 0.6) is 17.5 Å². The molecule has 0 saturated heterocycles. The maximum atomic E-state index is 7.34. The highest BCUT2D eigenvalue weighted by Crippen LogP contribution is 2.37. The van der Waals surface area contributed by atoms with Crippen LogP contribution < -0.4 is 15.2 Å². The summed E-state index contributed by atoms with van der Waals surface area (Å²) in [4.78, 5) is 8.01. The van der Waals surface area contributed by atoms with Crippen LogP contribution in [0.25, 0.3) is 0 Å². The quantitative estimate of drug-likeness (QED) is 0.606. The molecule has 0 unspecified atom stereocenters. The standard InChI is InChI=1S/C12H10Br2N4O2/c1-19-9-4-7(14)10(5-6(9)13)20-12-17-3-2-8(18-12)11(15)16/h2-5H,1H3,(H3,15,16). The molecule has 1 aromatic heterocycles. The molecule has 0 aliphatic rings. The maximum Gasteiger partial charge on any atom is 0.322 e. The Kier molecular flexibility index (Phi) is 4.56. The van der Waals surface area contributed by atoms with Crippen LogP contribution in [0.2, 0.25) is 0 Å². The largest absolute Gasteiger partial charge is 0.496 e. The van der Waals surface area contributed by atoms with Gasteiger partial charge >= 0.3 is 6.01 Å². The SMILES string of the molecule is COc1cc(Br)c(Oc2nccc(C(=N)N)n2)cc1Br. The van der Waals surface area contributed by atoms with Crippen LogP contribution in [0.1, 0.15) is 5.69 Å². The van der Waals surface area contributed by atoms with Gasteiger partial charge < -0.3 is 15.2 Å². The number of methoxy groups -OCH3 is 1. The van der Waals surface area contributed by atoms with Crippen molar-refractivity contribution in [2.45, 2.75) is 0 Å². The van der Waals surface area contributed by atoms with E-state index in [-0.39, 0.29) is 11.8 Å². The number of ether oxygens (including phenoxy) is 2. The maximum absolute atomic E-state index is 7.34. The van der Waals surface area contributed by atoms with Crippen molar-refractivity contribution in [1.29, 1.82) is 5.41 Å². The summed E-state index contributed by atoms with van der Waals surface area (Å²) in [5.74, 6) is 1.04. The Labute approximate surface area is 132 Å². The van der Waals surface area contributed by atoms with E-state index in [9.17, 15) is 0 Å². The van der Waals surface area contributed by atoms with Gasteiger partial charge in [-0.05, 0) is 44.0 Å². The third-order valence-electron chi connectivity index (χ3n) is 2.32. The average Bonchev–Trinajstić information content (AvgIpc) is 2.42. The Hall–Kier alpha value is -1.67. The molecule has 8 heteroatoms. The smallest absolute Gasteiger partial charge is 0.322 e. The van der Waals surface area contributed by atoms with Gasteiger partial charge in [-0.15, -0.1) is 0 Å². The van der Waals surface area contributed by atoms with Gasteiger partial charge in [0.15, 0.2) is 0 Å². The second-order valence-corrected chi connectivity index (χ2v) is 5.37. The fourth-order valence-corrected chi connectivity index (χ4v) is 2.27. The van der Waals surface area contributed by atoms with Crippen LogP contribution in [0.4, 0.5) is 0 Å². The van der Waals surface area contributed by atoms with Crippen molar-refractivity contribution in [3.05, 3.63) is 39.0 Å². The molecule has 3 N–H and O–H groups in total. The molecule has 1 aromatic carbocycles. The molecule has 0 spiro atoms. The third kappa shape index (κ3) is 3.26. The minimum Gasteiger partial charge on any atom is -0.496 e. The van der Waals surface area contributed by atoms with Crippen LogP contribution in [0.15, 0.2) is 33.3 Å². The van der Waals surface area contributed by atoms with E-state index >= 15 is 0 Å². The van der Waals surface area contributed by atoms with Gasteiger partial charge in [-0.1, -0.05) is 0 Å². The molecule has 0 aliphatic heterocycles. The number of amidine groups is 1. The molecular weight excluding hydrogens is 392 g/mol. The molecule has 2 rings (SSSR count). The van der Waals surface area contributed by atoms with Crippen molar-refractivity contribution >= 4 is 37.7 Å². The van der Waals surface area contributed by atoms with Gasteiger partial charge in [0.25, 0.3) is 0 Å². The summed E-state index contributed by atoms with van der Waals surface area (Å²) >= 11 is 6.75. The second-order valence-electron chi connectivity index (χ2n) is 3.66. The van der Waals surface area contributed by atoms with Crippen molar-refractivity contribution in [3.63, 3.8) is 0 Å². The van der Waals surface area contributed by atoms with E-state index in [2.05, 4.69) is 41.8 Å². The van der Waals surface area contributed by atoms with E-state index in [0.717, 1.165) is 4.47 Å². The normalized spacial score (nSPS) is 10.2. The topological polar surface area (TPSA) is 94.1 Å². The molecule has 6 nitrogen and oxygen atoms in total. The molecule has 2 aromatic rings. The van der Waals surface area contributed by atoms with Gasteiger partial charge in [0.2, 0.25) is 0 Å². The fourth-order valence-electron chi connectivity index (χ4n) is 1.38. The first-order valence-corrected chi connectivity index (χ1v) is 6.98. The molecule has 104 valence electrons. The number of nitrogen functional groups attached to an aromatic ring is 1. The summed E-state index contributed by atoms with van der Waals surface area (Å²) < 4.78 is 12.2. The van der Waals surface area contributed by atoms with E-state index in [1.54, 1.807) is 19.2 Å². The molecule has 0 fully saturated rings. The number of benzene rings is 1. The molecule has 0 amide bonds. The van der Waals surface area contributed by atoms with Crippen molar-refractivity contribution < 1.29 is 9.47 Å². The summed E-state index contributed by atoms with van der Waals surface area (Å²) in [5, 5.41) is 7.34. The van der Waals surface area contributed by atoms with E-state index in [1.807, 2.05) is 0 Å². The Balaban J connectivity index is 2.32. The van der Waals surface area contributed by atoms with Crippen molar-refractivity contribution in [3.8, 4) is 17.5 Å². The van der Waals surface area contributed by atoms with E-state index in [4.69, 9.17) is 20.6 Å². The number of nitrogens with two attached hydrogens (primary N) is 1. The molecule has 1 heterocycles. The highest BCUT2D eigenvalue weighted by Gasteiger charge is 2.11. The second kappa shape index (κ2) is 6.19. The monoisotopic (exact) mass is 400 g/mol. The zero-order chi connectivity index (χ0) is 14.7. The lowest BCUT2D eigenvalue weighted by Gasteiger charge is -2.10. The fraction of sp³-hybridized carbons (Fsp3) is 0.0833. The molecule has 0 radical (unpaired) electrons. The van der Waals surface area contributed by atoms with Gasteiger partial charge in [-0.3, -0.25) is 5.41 Å². The zero-order valence-electron chi connectivity index (χ0n) is 10.4. The van der Waals surface area contributed by atoms with Crippen LogP contribution in [0, 0.1) is 5.41 Å². The summed E-state index contributed by atoms with van der Waals surface area (Å²) in [6.45, 7) is 0. The molecule has 0 bridgehead atoms. The van der Waals surface area contributed by atoms with Gasteiger partial charge in [-0.25, -0.2) is 4.98 Å². The first kappa shape index (κ1) is 14.7. The van der Waals surface area contributed by atoms with E-state index in [0.29, 0.717) is 21.7 Å². The van der Waals surface area contributed by atoms with Gasteiger partial charge in [0.05, 0.1) is 16.1 Å². The Morgan fingerprint density at radius 3 is 2.55 bits per heavy atom. The lowest BCUT2D eigenvalue weighted by atomic mass is 10.3. The summed E-state index contributed by atoms with van der Waals surface area (Å²) in [5.41, 5.74) is 5.68. The summed E-state index contributed by atoms with van der Waals surface area (Å²) in [6, 6.07) is 5.13. The summed E-state index contributed by atoms with van der Waals surface area (Å²) in [7, 11) is 1.58. The number of hydrogen-bond acceptors (Lipinski definition) is 5. The first-order chi connectivity index (χ1) is 9.51. The highest BCUT2D eigenvalue weighted by molar-refractivity contribution is 9.11. The number of nitrogens with zero attached hydrogens (tertiary/aromatic N) is 2. The van der Waals surface area contributed by atoms with Crippen molar-refractivity contribution in [2.24, 2.45) is 5.73 Å². The van der Waals surface area contributed by atoms with E-state index in [1.165, 1.54) is 12.3 Å². The van der Waals surface area contributed by atoms with Gasteiger partial charge in [0, 0.05) is 12.3 Å². The van der Waals surface area contributed by atoms with Crippen molar-refractivity contribution in [2.75, 3.05) is 7.11 Å². The van der Waals surface area contributed by atoms with Gasteiger partial charge in [-0.2, -0.15) is 4.98 Å². The predicted molar refractivity (Wildman–Crippen MR) is 81.5 cm³/mol. The number of aromatic nitrogens is 2. The zero-order valence-corrected chi connectivity index (χ0v) is 13.5. The van der Waals surface area contributed by atoms with Crippen LogP contribution in [-0.4, -0.2) is 22.9 Å². The highest BCUT2D eigenvalue weighted by atomic mass is 79.9. The minimum atomic E-state index is -0.146. The van der Waals surface area contributed by atoms with Crippen LogP contribution in [-0.2, 0) is 0 Å². The van der Waals surface area contributed by atoms with Crippen LogP contribution >= 0.6 is 31.9 Å². The number of halogens is 2. The molecular formula is C12H10Br2N4O2. The number of rotatable bonds is 4. The van der Waals surface area contributed by atoms with Crippen molar-refractivity contribution in [1.82, 2.24) is 9.97 Å². The first-order valence-electron chi connectivity index (χ1n) is 5.39. The van der Waals surface area contributed by atoms with Crippen LogP contribution in [0.3, 0.4) is 0 Å². The average molecular weight is 402 g/mol. The van der Waals surface area contributed by atoms with Gasteiger partial charge in [0.1, 0.15) is 23.0 Å². The lowest BCUT2D eigenvalue weighted by molar-refractivity contribution is 0.406. The number of hydrogen-bond donors (Lipinski definition) is 2. The minimum absolute atomic E-state index is 0.107. The Morgan fingerprint density at radius 1 is 1.25 bits per heavy atom. The molecule has 0 atom stereocenters. The Morgan fingerprint density at radius 2 is 1.90 bits per heavy atom.